The highest BCUT2D eigenvalue weighted by Gasteiger charge is 2.25. The molecule has 4 rings (SSSR count). The molecule has 30 heavy (non-hydrogen) atoms. The largest absolute Gasteiger partial charge is 0.313 e. The van der Waals surface area contributed by atoms with Crippen molar-refractivity contribution in [1.29, 1.82) is 5.26 Å². The number of benzene rings is 1. The third kappa shape index (κ3) is 3.38. The first-order valence-corrected chi connectivity index (χ1v) is 9.70. The van der Waals surface area contributed by atoms with Gasteiger partial charge in [-0.15, -0.1) is 0 Å². The van der Waals surface area contributed by atoms with Gasteiger partial charge in [0.25, 0.3) is 11.7 Å². The van der Waals surface area contributed by atoms with Crippen LogP contribution in [0.4, 0.5) is 5.00 Å². The van der Waals surface area contributed by atoms with E-state index in [9.17, 15) is 19.6 Å². The van der Waals surface area contributed by atoms with Crippen molar-refractivity contribution in [2.45, 2.75) is 6.92 Å². The number of ketones is 2. The van der Waals surface area contributed by atoms with Crippen molar-refractivity contribution in [2.75, 3.05) is 5.32 Å². The molecule has 1 aromatic carbocycles. The van der Waals surface area contributed by atoms with Crippen LogP contribution in [-0.2, 0) is 4.79 Å². The summed E-state index contributed by atoms with van der Waals surface area (Å²) in [6.07, 6.45) is 1.64. The average molecular weight is 414 g/mol. The van der Waals surface area contributed by atoms with E-state index >= 15 is 0 Å². The number of aromatic nitrogens is 2. The molecule has 3 heterocycles. The minimum Gasteiger partial charge on any atom is -0.313 e. The summed E-state index contributed by atoms with van der Waals surface area (Å²) < 4.78 is 5.62. The molecule has 7 nitrogen and oxygen atoms in total. The van der Waals surface area contributed by atoms with E-state index < -0.39 is 17.5 Å². The Morgan fingerprint density at radius 3 is 2.57 bits per heavy atom. The quantitative estimate of drug-likeness (QED) is 0.397. The molecular formula is C22H14N4O3S. The predicted molar refractivity (Wildman–Crippen MR) is 112 cm³/mol. The standard InChI is InChI=1S/C22H14N4O3S/c1-13-10-19(30-25-13)24-22(29)21(28)16-11-18(26-9-5-4-8-17(16)26)20(27)15-7-3-2-6-14(15)12-23/h2-11H,1H3,(H,24,29). The summed E-state index contributed by atoms with van der Waals surface area (Å²) in [6.45, 7) is 1.78. The highest BCUT2D eigenvalue weighted by Crippen LogP contribution is 2.23. The average Bonchev–Trinajstić information content (AvgIpc) is 3.36. The van der Waals surface area contributed by atoms with Gasteiger partial charge in [0.1, 0.15) is 5.00 Å². The first kappa shape index (κ1) is 19.2. The maximum absolute atomic E-state index is 13.1. The van der Waals surface area contributed by atoms with Gasteiger partial charge in [-0.05, 0) is 54.9 Å². The zero-order valence-electron chi connectivity index (χ0n) is 15.7. The number of rotatable bonds is 5. The van der Waals surface area contributed by atoms with E-state index in [1.54, 1.807) is 66.1 Å². The Kier molecular flexibility index (Phi) is 4.96. The predicted octanol–water partition coefficient (Wildman–Crippen LogP) is 3.63. The molecule has 4 aromatic rings. The third-order valence-electron chi connectivity index (χ3n) is 4.52. The number of Topliss-reactive ketones (excluding diaryl/α,β-unsaturated/α-hetero) is 1. The molecule has 0 radical (unpaired) electrons. The van der Waals surface area contributed by atoms with E-state index in [0.29, 0.717) is 10.5 Å². The van der Waals surface area contributed by atoms with Gasteiger partial charge in [-0.25, -0.2) is 0 Å². The Morgan fingerprint density at radius 1 is 1.07 bits per heavy atom. The van der Waals surface area contributed by atoms with Gasteiger partial charge in [0.05, 0.1) is 34.1 Å². The second-order valence-corrected chi connectivity index (χ2v) is 7.31. The lowest BCUT2D eigenvalue weighted by Crippen LogP contribution is -2.22. The number of hydrogen-bond donors (Lipinski definition) is 1. The lowest BCUT2D eigenvalue weighted by molar-refractivity contribution is -0.112. The van der Waals surface area contributed by atoms with E-state index in [1.165, 1.54) is 6.07 Å². The van der Waals surface area contributed by atoms with Gasteiger partial charge in [0.2, 0.25) is 5.78 Å². The summed E-state index contributed by atoms with van der Waals surface area (Å²) in [6, 6.07) is 16.6. The minimum atomic E-state index is -0.813. The van der Waals surface area contributed by atoms with Gasteiger partial charge >= 0.3 is 0 Å². The van der Waals surface area contributed by atoms with Crippen molar-refractivity contribution in [3.63, 3.8) is 0 Å². The van der Waals surface area contributed by atoms with Crippen molar-refractivity contribution in [3.05, 3.63) is 88.9 Å². The van der Waals surface area contributed by atoms with Gasteiger partial charge < -0.3 is 9.72 Å². The number of nitrogens with one attached hydrogen (secondary N) is 1. The second-order valence-electron chi connectivity index (χ2n) is 6.50. The molecule has 3 aromatic heterocycles. The Hall–Kier alpha value is -4.09. The van der Waals surface area contributed by atoms with Crippen LogP contribution in [0.1, 0.15) is 37.7 Å². The molecule has 8 heteroatoms. The number of pyridine rings is 1. The van der Waals surface area contributed by atoms with Gasteiger partial charge in [0.15, 0.2) is 0 Å². The summed E-state index contributed by atoms with van der Waals surface area (Å²) in [5, 5.41) is 12.3. The minimum absolute atomic E-state index is 0.104. The summed E-state index contributed by atoms with van der Waals surface area (Å²) in [5.41, 5.74) is 1.92. The van der Waals surface area contributed by atoms with Crippen molar-refractivity contribution in [2.24, 2.45) is 0 Å². The molecule has 0 aliphatic carbocycles. The number of anilines is 1. The highest BCUT2D eigenvalue weighted by atomic mass is 32.1. The number of carbonyl (C=O) groups excluding carboxylic acids is 3. The Balaban J connectivity index is 1.76. The maximum atomic E-state index is 13.1. The summed E-state index contributed by atoms with van der Waals surface area (Å²) >= 11 is 1.08. The fourth-order valence-electron chi connectivity index (χ4n) is 3.14. The summed E-state index contributed by atoms with van der Waals surface area (Å²) in [5.74, 6) is -1.99. The number of amides is 1. The Bertz CT molecular complexity index is 1360. The fourth-order valence-corrected chi connectivity index (χ4v) is 3.80. The van der Waals surface area contributed by atoms with E-state index in [1.807, 2.05) is 6.07 Å². The monoisotopic (exact) mass is 414 g/mol. The van der Waals surface area contributed by atoms with Crippen LogP contribution in [0, 0.1) is 18.3 Å². The highest BCUT2D eigenvalue weighted by molar-refractivity contribution is 7.10. The van der Waals surface area contributed by atoms with Crippen molar-refractivity contribution in [3.8, 4) is 6.07 Å². The number of nitriles is 1. The molecule has 0 spiro atoms. The number of aryl methyl sites for hydroxylation is 1. The lowest BCUT2D eigenvalue weighted by Gasteiger charge is -2.04. The van der Waals surface area contributed by atoms with E-state index in [-0.39, 0.29) is 22.4 Å². The topological polar surface area (TPSA) is 104 Å². The first-order chi connectivity index (χ1) is 14.5. The first-order valence-electron chi connectivity index (χ1n) is 8.92. The SMILES string of the molecule is Cc1cc(NC(=O)C(=O)c2cc(C(=O)c3ccccc3C#N)n3ccccc23)sn1. The Labute approximate surface area is 175 Å². The van der Waals surface area contributed by atoms with Crippen LogP contribution in [0.15, 0.2) is 60.8 Å². The molecule has 0 aliphatic heterocycles. The van der Waals surface area contributed by atoms with Crippen LogP contribution in [0.5, 0.6) is 0 Å². The van der Waals surface area contributed by atoms with Crippen LogP contribution in [-0.4, -0.2) is 26.2 Å². The van der Waals surface area contributed by atoms with Gasteiger partial charge in [-0.2, -0.15) is 9.64 Å². The van der Waals surface area contributed by atoms with Crippen LogP contribution in [0.25, 0.3) is 5.52 Å². The van der Waals surface area contributed by atoms with Gasteiger partial charge in [0, 0.05) is 11.8 Å². The molecule has 0 atom stereocenters. The molecule has 1 N–H and O–H groups in total. The Morgan fingerprint density at radius 2 is 1.83 bits per heavy atom. The normalized spacial score (nSPS) is 10.5. The van der Waals surface area contributed by atoms with E-state index in [4.69, 9.17) is 0 Å². The lowest BCUT2D eigenvalue weighted by atomic mass is 10.0. The molecule has 0 fully saturated rings. The van der Waals surface area contributed by atoms with Crippen molar-refractivity contribution >= 4 is 39.5 Å². The summed E-state index contributed by atoms with van der Waals surface area (Å²) in [7, 11) is 0. The maximum Gasteiger partial charge on any atom is 0.297 e. The number of fused-ring (bicyclic) bond motifs is 1. The molecular weight excluding hydrogens is 400 g/mol. The number of hydrogen-bond acceptors (Lipinski definition) is 6. The molecule has 0 aliphatic rings. The third-order valence-corrected chi connectivity index (χ3v) is 5.31. The smallest absolute Gasteiger partial charge is 0.297 e. The number of carbonyl (C=O) groups is 3. The second kappa shape index (κ2) is 7.73. The molecule has 1 amide bonds. The van der Waals surface area contributed by atoms with Crippen molar-refractivity contribution < 1.29 is 14.4 Å². The molecule has 0 saturated heterocycles. The van der Waals surface area contributed by atoms with Crippen LogP contribution in [0.2, 0.25) is 0 Å². The molecule has 0 unspecified atom stereocenters. The van der Waals surface area contributed by atoms with Crippen molar-refractivity contribution in [1.82, 2.24) is 8.77 Å². The zero-order chi connectivity index (χ0) is 21.3. The van der Waals surface area contributed by atoms with Gasteiger partial charge in [-0.3, -0.25) is 14.4 Å². The fraction of sp³-hybridized carbons (Fsp3) is 0.0455. The van der Waals surface area contributed by atoms with E-state index in [0.717, 1.165) is 17.2 Å². The van der Waals surface area contributed by atoms with E-state index in [2.05, 4.69) is 9.69 Å². The molecule has 146 valence electrons. The van der Waals surface area contributed by atoms with Crippen LogP contribution < -0.4 is 5.32 Å². The number of nitrogens with zero attached hydrogens (tertiary/aromatic N) is 3. The summed E-state index contributed by atoms with van der Waals surface area (Å²) in [4.78, 5) is 38.5. The zero-order valence-corrected chi connectivity index (χ0v) is 16.6. The molecule has 0 saturated carbocycles. The van der Waals surface area contributed by atoms with Crippen LogP contribution in [0.3, 0.4) is 0 Å². The molecule has 0 bridgehead atoms. The van der Waals surface area contributed by atoms with Crippen LogP contribution >= 0.6 is 11.5 Å². The van der Waals surface area contributed by atoms with Gasteiger partial charge in [-0.1, -0.05) is 18.2 Å².